The van der Waals surface area contributed by atoms with Crippen molar-refractivity contribution >= 4 is 17.2 Å². The highest BCUT2D eigenvalue weighted by atomic mass is 32.1. The van der Waals surface area contributed by atoms with Gasteiger partial charge >= 0.3 is 0 Å². The number of amides is 1. The lowest BCUT2D eigenvalue weighted by Crippen LogP contribution is -2.31. The summed E-state index contributed by atoms with van der Waals surface area (Å²) in [6.07, 6.45) is 6.02. The SMILES string of the molecule is CC[C@@H](C(=O)NCc1cnc(-c2ccccc2)s1)n1cccn1. The van der Waals surface area contributed by atoms with E-state index in [0.717, 1.165) is 15.4 Å². The van der Waals surface area contributed by atoms with E-state index in [1.54, 1.807) is 22.2 Å². The molecule has 0 radical (unpaired) electrons. The Balaban J connectivity index is 1.62. The van der Waals surface area contributed by atoms with Crippen molar-refractivity contribution in [3.8, 4) is 10.6 Å². The summed E-state index contributed by atoms with van der Waals surface area (Å²) >= 11 is 1.60. The van der Waals surface area contributed by atoms with Crippen LogP contribution < -0.4 is 5.32 Å². The quantitative estimate of drug-likeness (QED) is 0.756. The molecule has 2 heterocycles. The van der Waals surface area contributed by atoms with E-state index < -0.39 is 0 Å². The van der Waals surface area contributed by atoms with Crippen LogP contribution in [0, 0.1) is 0 Å². The summed E-state index contributed by atoms with van der Waals surface area (Å²) in [5.41, 5.74) is 1.10. The lowest BCUT2D eigenvalue weighted by molar-refractivity contribution is -0.124. The average Bonchev–Trinajstić information content (AvgIpc) is 3.26. The fraction of sp³-hybridized carbons (Fsp3) is 0.235. The highest BCUT2D eigenvalue weighted by Crippen LogP contribution is 2.24. The van der Waals surface area contributed by atoms with Gasteiger partial charge < -0.3 is 5.32 Å². The van der Waals surface area contributed by atoms with Gasteiger partial charge in [0.05, 0.1) is 6.54 Å². The number of nitrogens with zero attached hydrogens (tertiary/aromatic N) is 3. The van der Waals surface area contributed by atoms with Gasteiger partial charge in [-0.1, -0.05) is 37.3 Å². The number of benzene rings is 1. The highest BCUT2D eigenvalue weighted by Gasteiger charge is 2.18. The van der Waals surface area contributed by atoms with Crippen molar-refractivity contribution in [1.29, 1.82) is 0 Å². The number of thiazole rings is 1. The fourth-order valence-electron chi connectivity index (χ4n) is 2.35. The normalized spacial score (nSPS) is 12.0. The molecule has 0 fully saturated rings. The minimum absolute atomic E-state index is 0.0224. The largest absolute Gasteiger partial charge is 0.349 e. The predicted molar refractivity (Wildman–Crippen MR) is 91.0 cm³/mol. The summed E-state index contributed by atoms with van der Waals surface area (Å²) < 4.78 is 1.69. The molecule has 23 heavy (non-hydrogen) atoms. The van der Waals surface area contributed by atoms with Crippen LogP contribution in [0.1, 0.15) is 24.3 Å². The van der Waals surface area contributed by atoms with Gasteiger partial charge in [-0.15, -0.1) is 11.3 Å². The van der Waals surface area contributed by atoms with Crippen LogP contribution in [0.4, 0.5) is 0 Å². The molecule has 1 atom stereocenters. The lowest BCUT2D eigenvalue weighted by Gasteiger charge is -2.14. The lowest BCUT2D eigenvalue weighted by atomic mass is 10.2. The molecule has 5 nitrogen and oxygen atoms in total. The molecule has 0 aliphatic heterocycles. The molecule has 0 saturated carbocycles. The molecule has 6 heteroatoms. The van der Waals surface area contributed by atoms with Crippen LogP contribution in [0.5, 0.6) is 0 Å². The Kier molecular flexibility index (Phi) is 4.83. The zero-order chi connectivity index (χ0) is 16.1. The Morgan fingerprint density at radius 2 is 2.13 bits per heavy atom. The maximum atomic E-state index is 12.3. The molecule has 0 saturated heterocycles. The molecule has 0 unspecified atom stereocenters. The minimum atomic E-state index is -0.272. The molecule has 0 bridgehead atoms. The molecule has 1 N–H and O–H groups in total. The third-order valence-electron chi connectivity index (χ3n) is 3.54. The van der Waals surface area contributed by atoms with Gasteiger partial charge in [0.1, 0.15) is 11.0 Å². The first-order chi connectivity index (χ1) is 11.3. The first-order valence-corrected chi connectivity index (χ1v) is 8.36. The summed E-state index contributed by atoms with van der Waals surface area (Å²) in [6, 6.07) is 11.6. The van der Waals surface area contributed by atoms with Crippen molar-refractivity contribution < 1.29 is 4.79 Å². The van der Waals surface area contributed by atoms with Gasteiger partial charge in [-0.05, 0) is 12.5 Å². The number of aromatic nitrogens is 3. The molecule has 0 spiro atoms. The molecule has 3 aromatic rings. The average molecular weight is 326 g/mol. The van der Waals surface area contributed by atoms with Crippen LogP contribution in [-0.4, -0.2) is 20.7 Å². The number of rotatable bonds is 6. The molecule has 2 aromatic heterocycles. The van der Waals surface area contributed by atoms with E-state index >= 15 is 0 Å². The maximum absolute atomic E-state index is 12.3. The van der Waals surface area contributed by atoms with Crippen molar-refractivity contribution in [2.24, 2.45) is 0 Å². The summed E-state index contributed by atoms with van der Waals surface area (Å²) in [5, 5.41) is 8.09. The monoisotopic (exact) mass is 326 g/mol. The van der Waals surface area contributed by atoms with Crippen molar-refractivity contribution in [2.45, 2.75) is 25.9 Å². The van der Waals surface area contributed by atoms with E-state index in [1.165, 1.54) is 0 Å². The summed E-state index contributed by atoms with van der Waals surface area (Å²) in [6.45, 7) is 2.47. The Labute approximate surface area is 139 Å². The van der Waals surface area contributed by atoms with E-state index in [1.807, 2.05) is 55.7 Å². The van der Waals surface area contributed by atoms with Gasteiger partial charge in [0, 0.05) is 29.0 Å². The van der Waals surface area contributed by atoms with Crippen molar-refractivity contribution in [1.82, 2.24) is 20.1 Å². The third-order valence-corrected chi connectivity index (χ3v) is 4.59. The molecule has 118 valence electrons. The standard InChI is InChI=1S/C17H18N4OS/c1-2-15(21-10-6-9-20-21)16(22)18-11-14-12-19-17(23-14)13-7-4-3-5-8-13/h3-10,12,15H,2,11H2,1H3,(H,18,22)/t15-/m0/s1. The van der Waals surface area contributed by atoms with E-state index in [9.17, 15) is 4.79 Å². The fourth-order valence-corrected chi connectivity index (χ4v) is 3.21. The van der Waals surface area contributed by atoms with Gasteiger partial charge in [0.15, 0.2) is 0 Å². The van der Waals surface area contributed by atoms with Crippen LogP contribution in [0.2, 0.25) is 0 Å². The van der Waals surface area contributed by atoms with Gasteiger partial charge in [0.2, 0.25) is 5.91 Å². The minimum Gasteiger partial charge on any atom is -0.349 e. The zero-order valence-corrected chi connectivity index (χ0v) is 13.7. The van der Waals surface area contributed by atoms with E-state index in [-0.39, 0.29) is 11.9 Å². The summed E-state index contributed by atoms with van der Waals surface area (Å²) in [4.78, 5) is 17.8. The third kappa shape index (κ3) is 3.65. The van der Waals surface area contributed by atoms with E-state index in [2.05, 4.69) is 15.4 Å². The van der Waals surface area contributed by atoms with E-state index in [0.29, 0.717) is 13.0 Å². The van der Waals surface area contributed by atoms with Crippen molar-refractivity contribution in [3.63, 3.8) is 0 Å². The van der Waals surface area contributed by atoms with Crippen molar-refractivity contribution in [3.05, 3.63) is 59.9 Å². The van der Waals surface area contributed by atoms with Crippen LogP contribution in [0.25, 0.3) is 10.6 Å². The van der Waals surface area contributed by atoms with Crippen LogP contribution in [0.3, 0.4) is 0 Å². The van der Waals surface area contributed by atoms with Gasteiger partial charge in [0.25, 0.3) is 0 Å². The number of nitrogens with one attached hydrogen (secondary N) is 1. The van der Waals surface area contributed by atoms with Crippen LogP contribution >= 0.6 is 11.3 Å². The van der Waals surface area contributed by atoms with Crippen LogP contribution in [-0.2, 0) is 11.3 Å². The molecule has 0 aliphatic rings. The Hall–Kier alpha value is -2.47. The van der Waals surface area contributed by atoms with E-state index in [4.69, 9.17) is 0 Å². The Morgan fingerprint density at radius 3 is 2.83 bits per heavy atom. The smallest absolute Gasteiger partial charge is 0.245 e. The molecular formula is C17H18N4OS. The Morgan fingerprint density at radius 1 is 1.30 bits per heavy atom. The molecule has 1 aromatic carbocycles. The molecule has 1 amide bonds. The van der Waals surface area contributed by atoms with Crippen molar-refractivity contribution in [2.75, 3.05) is 0 Å². The van der Waals surface area contributed by atoms with Gasteiger partial charge in [-0.3, -0.25) is 9.48 Å². The molecule has 3 rings (SSSR count). The first-order valence-electron chi connectivity index (χ1n) is 7.55. The number of hydrogen-bond acceptors (Lipinski definition) is 4. The molecule has 0 aliphatic carbocycles. The second-order valence-electron chi connectivity index (χ2n) is 5.13. The number of carbonyl (C=O) groups is 1. The maximum Gasteiger partial charge on any atom is 0.245 e. The Bertz CT molecular complexity index is 752. The van der Waals surface area contributed by atoms with Crippen LogP contribution in [0.15, 0.2) is 55.0 Å². The number of carbonyl (C=O) groups excluding carboxylic acids is 1. The van der Waals surface area contributed by atoms with Gasteiger partial charge in [-0.25, -0.2) is 4.98 Å². The number of hydrogen-bond donors (Lipinski definition) is 1. The zero-order valence-electron chi connectivity index (χ0n) is 12.8. The topological polar surface area (TPSA) is 59.8 Å². The summed E-state index contributed by atoms with van der Waals surface area (Å²) in [5.74, 6) is -0.0224. The first kappa shape index (κ1) is 15.4. The second-order valence-corrected chi connectivity index (χ2v) is 6.24. The summed E-state index contributed by atoms with van der Waals surface area (Å²) in [7, 11) is 0. The predicted octanol–water partition coefficient (Wildman–Crippen LogP) is 3.27. The second kappa shape index (κ2) is 7.19. The van der Waals surface area contributed by atoms with Gasteiger partial charge in [-0.2, -0.15) is 5.10 Å². The highest BCUT2D eigenvalue weighted by molar-refractivity contribution is 7.15. The molecular weight excluding hydrogens is 308 g/mol.